The van der Waals surface area contributed by atoms with E-state index in [0.717, 1.165) is 11.3 Å². The van der Waals surface area contributed by atoms with Gasteiger partial charge in [-0.15, -0.1) is 13.2 Å². The van der Waals surface area contributed by atoms with Crippen LogP contribution in [0.15, 0.2) is 42.6 Å². The molecule has 27 heavy (non-hydrogen) atoms. The van der Waals surface area contributed by atoms with Gasteiger partial charge in [-0.3, -0.25) is 14.7 Å². The zero-order chi connectivity index (χ0) is 19.4. The maximum atomic E-state index is 12.5. The van der Waals surface area contributed by atoms with E-state index in [4.69, 9.17) is 0 Å². The minimum Gasteiger partial charge on any atom is -0.406 e. The number of carbonyl (C=O) groups excluding carboxylic acids is 1. The first kappa shape index (κ1) is 19.2. The average molecular weight is 379 g/mol. The number of hydrogen-bond donors (Lipinski definition) is 0. The van der Waals surface area contributed by atoms with Crippen LogP contribution in [-0.2, 0) is 6.54 Å². The summed E-state index contributed by atoms with van der Waals surface area (Å²) in [5, 5.41) is 0. The second kappa shape index (κ2) is 7.96. The molecule has 1 aromatic carbocycles. The molecule has 1 aliphatic heterocycles. The Morgan fingerprint density at radius 2 is 1.74 bits per heavy atom. The van der Waals surface area contributed by atoms with Crippen LogP contribution in [-0.4, -0.2) is 53.2 Å². The van der Waals surface area contributed by atoms with Crippen LogP contribution in [0.2, 0.25) is 0 Å². The molecule has 2 heterocycles. The van der Waals surface area contributed by atoms with Crippen molar-refractivity contribution in [3.8, 4) is 5.75 Å². The second-order valence-electron chi connectivity index (χ2n) is 6.45. The Balaban J connectivity index is 1.50. The first-order valence-corrected chi connectivity index (χ1v) is 8.59. The average Bonchev–Trinajstić information content (AvgIpc) is 2.63. The number of halogens is 3. The summed E-state index contributed by atoms with van der Waals surface area (Å²) in [6.07, 6.45) is -3.09. The molecular formula is C19H20F3N3O2. The number of carbonyl (C=O) groups is 1. The molecule has 0 saturated carbocycles. The van der Waals surface area contributed by atoms with Gasteiger partial charge in [-0.25, -0.2) is 0 Å². The molecule has 1 fully saturated rings. The maximum absolute atomic E-state index is 12.5. The van der Waals surface area contributed by atoms with E-state index >= 15 is 0 Å². The summed E-state index contributed by atoms with van der Waals surface area (Å²) in [6, 6.07) is 9.46. The smallest absolute Gasteiger partial charge is 0.406 e. The van der Waals surface area contributed by atoms with Gasteiger partial charge in [0.1, 0.15) is 5.75 Å². The van der Waals surface area contributed by atoms with E-state index in [1.54, 1.807) is 29.3 Å². The SMILES string of the molecule is Cc1ccc(C(=O)N2CCN(Cc3ccc(OC(F)(F)F)cc3)CC2)cn1. The number of hydrogen-bond acceptors (Lipinski definition) is 4. The van der Waals surface area contributed by atoms with Gasteiger partial charge in [0.2, 0.25) is 0 Å². The highest BCUT2D eigenvalue weighted by atomic mass is 19.4. The molecule has 0 N–H and O–H groups in total. The highest BCUT2D eigenvalue weighted by Crippen LogP contribution is 2.23. The molecular weight excluding hydrogens is 359 g/mol. The van der Waals surface area contributed by atoms with Gasteiger partial charge >= 0.3 is 6.36 Å². The van der Waals surface area contributed by atoms with E-state index < -0.39 is 6.36 Å². The number of rotatable bonds is 4. The lowest BCUT2D eigenvalue weighted by atomic mass is 10.1. The van der Waals surface area contributed by atoms with Crippen LogP contribution < -0.4 is 4.74 Å². The van der Waals surface area contributed by atoms with Crippen LogP contribution in [0, 0.1) is 6.92 Å². The molecule has 0 radical (unpaired) electrons. The van der Waals surface area contributed by atoms with Crippen LogP contribution >= 0.6 is 0 Å². The van der Waals surface area contributed by atoms with Crippen molar-refractivity contribution in [2.24, 2.45) is 0 Å². The van der Waals surface area contributed by atoms with E-state index in [9.17, 15) is 18.0 Å². The van der Waals surface area contributed by atoms with Gasteiger partial charge < -0.3 is 9.64 Å². The van der Waals surface area contributed by atoms with E-state index in [0.29, 0.717) is 38.3 Å². The summed E-state index contributed by atoms with van der Waals surface area (Å²) in [5.74, 6) is -0.260. The number of amides is 1. The van der Waals surface area contributed by atoms with E-state index in [-0.39, 0.29) is 11.7 Å². The molecule has 1 aliphatic rings. The van der Waals surface area contributed by atoms with Crippen molar-refractivity contribution in [2.45, 2.75) is 19.8 Å². The Morgan fingerprint density at radius 1 is 1.07 bits per heavy atom. The normalized spacial score (nSPS) is 15.6. The van der Waals surface area contributed by atoms with Crippen LogP contribution in [0.5, 0.6) is 5.75 Å². The summed E-state index contributed by atoms with van der Waals surface area (Å²) in [6.45, 7) is 5.08. The summed E-state index contributed by atoms with van der Waals surface area (Å²) in [5.41, 5.74) is 2.34. The van der Waals surface area contributed by atoms with Crippen molar-refractivity contribution in [1.29, 1.82) is 0 Å². The van der Waals surface area contributed by atoms with Gasteiger partial charge in [0.05, 0.1) is 5.56 Å². The summed E-state index contributed by atoms with van der Waals surface area (Å²) in [7, 11) is 0. The largest absolute Gasteiger partial charge is 0.573 e. The second-order valence-corrected chi connectivity index (χ2v) is 6.45. The summed E-state index contributed by atoms with van der Waals surface area (Å²) >= 11 is 0. The Kier molecular flexibility index (Phi) is 5.65. The molecule has 0 atom stereocenters. The number of aromatic nitrogens is 1. The van der Waals surface area contributed by atoms with Crippen molar-refractivity contribution >= 4 is 5.91 Å². The first-order chi connectivity index (χ1) is 12.8. The number of nitrogens with zero attached hydrogens (tertiary/aromatic N) is 3. The fourth-order valence-electron chi connectivity index (χ4n) is 2.94. The van der Waals surface area contributed by atoms with Crippen molar-refractivity contribution in [1.82, 2.24) is 14.8 Å². The monoisotopic (exact) mass is 379 g/mol. The quantitative estimate of drug-likeness (QED) is 0.818. The standard InChI is InChI=1S/C19H20F3N3O2/c1-14-2-5-16(12-23-14)18(26)25-10-8-24(9-11-25)13-15-3-6-17(7-4-15)27-19(20,21)22/h2-7,12H,8-11,13H2,1H3. The maximum Gasteiger partial charge on any atom is 0.573 e. The minimum absolute atomic E-state index is 0.0317. The molecule has 1 aromatic heterocycles. The van der Waals surface area contributed by atoms with Crippen LogP contribution in [0.3, 0.4) is 0 Å². The molecule has 1 saturated heterocycles. The number of pyridine rings is 1. The molecule has 0 unspecified atom stereocenters. The third kappa shape index (κ3) is 5.43. The van der Waals surface area contributed by atoms with Crippen molar-refractivity contribution in [3.05, 3.63) is 59.4 Å². The topological polar surface area (TPSA) is 45.7 Å². The van der Waals surface area contributed by atoms with Gasteiger partial charge in [-0.1, -0.05) is 12.1 Å². The highest BCUT2D eigenvalue weighted by Gasteiger charge is 2.31. The first-order valence-electron chi connectivity index (χ1n) is 8.59. The third-order valence-electron chi connectivity index (χ3n) is 4.38. The lowest BCUT2D eigenvalue weighted by Crippen LogP contribution is -2.48. The van der Waals surface area contributed by atoms with Gasteiger partial charge in [-0.2, -0.15) is 0 Å². The van der Waals surface area contributed by atoms with Gasteiger partial charge in [0, 0.05) is 44.6 Å². The predicted octanol–water partition coefficient (Wildman–Crippen LogP) is 3.25. The Bertz CT molecular complexity index is 768. The van der Waals surface area contributed by atoms with E-state index in [2.05, 4.69) is 14.6 Å². The van der Waals surface area contributed by atoms with E-state index in [1.807, 2.05) is 13.0 Å². The van der Waals surface area contributed by atoms with Gasteiger partial charge in [0.25, 0.3) is 5.91 Å². The lowest BCUT2D eigenvalue weighted by molar-refractivity contribution is -0.274. The lowest BCUT2D eigenvalue weighted by Gasteiger charge is -2.34. The molecule has 8 heteroatoms. The van der Waals surface area contributed by atoms with Crippen molar-refractivity contribution in [3.63, 3.8) is 0 Å². The minimum atomic E-state index is -4.68. The van der Waals surface area contributed by atoms with Gasteiger partial charge in [0.15, 0.2) is 0 Å². The third-order valence-corrected chi connectivity index (χ3v) is 4.38. The molecule has 144 valence electrons. The number of ether oxygens (including phenoxy) is 1. The van der Waals surface area contributed by atoms with Crippen molar-refractivity contribution < 1.29 is 22.7 Å². The van der Waals surface area contributed by atoms with Crippen LogP contribution in [0.25, 0.3) is 0 Å². The zero-order valence-electron chi connectivity index (χ0n) is 14.9. The molecule has 2 aromatic rings. The molecule has 1 amide bonds. The van der Waals surface area contributed by atoms with Crippen LogP contribution in [0.1, 0.15) is 21.6 Å². The highest BCUT2D eigenvalue weighted by molar-refractivity contribution is 5.94. The summed E-state index contributed by atoms with van der Waals surface area (Å²) in [4.78, 5) is 20.6. The van der Waals surface area contributed by atoms with E-state index in [1.165, 1.54) is 12.1 Å². The number of benzene rings is 1. The van der Waals surface area contributed by atoms with Crippen LogP contribution in [0.4, 0.5) is 13.2 Å². The molecule has 5 nitrogen and oxygen atoms in total. The fourth-order valence-corrected chi connectivity index (χ4v) is 2.94. The molecule has 3 rings (SSSR count). The molecule has 0 bridgehead atoms. The Labute approximate surface area is 155 Å². The summed E-state index contributed by atoms with van der Waals surface area (Å²) < 4.78 is 40.5. The number of aryl methyl sites for hydroxylation is 1. The number of alkyl halides is 3. The molecule has 0 spiro atoms. The van der Waals surface area contributed by atoms with Gasteiger partial charge in [-0.05, 0) is 36.8 Å². The molecule has 0 aliphatic carbocycles. The predicted molar refractivity (Wildman–Crippen MR) is 93.3 cm³/mol. The number of piperazine rings is 1. The Hall–Kier alpha value is -2.61. The zero-order valence-corrected chi connectivity index (χ0v) is 14.9. The Morgan fingerprint density at radius 3 is 2.30 bits per heavy atom. The van der Waals surface area contributed by atoms with Crippen molar-refractivity contribution in [2.75, 3.05) is 26.2 Å². The fraction of sp³-hybridized carbons (Fsp3) is 0.368.